The van der Waals surface area contributed by atoms with Crippen LogP contribution < -0.4 is 10.1 Å². The maximum atomic E-state index is 13.3. The van der Waals surface area contributed by atoms with E-state index in [-0.39, 0.29) is 23.8 Å². The van der Waals surface area contributed by atoms with E-state index in [2.05, 4.69) is 5.32 Å². The molecular weight excluding hydrogens is 223 g/mol. The maximum absolute atomic E-state index is 13.3. The molecule has 0 saturated carbocycles. The van der Waals surface area contributed by atoms with Gasteiger partial charge in [0.25, 0.3) is 5.91 Å². The molecule has 0 aromatic heterocycles. The van der Waals surface area contributed by atoms with Crippen molar-refractivity contribution in [3.05, 3.63) is 29.6 Å². The van der Waals surface area contributed by atoms with Crippen LogP contribution in [0.5, 0.6) is 5.75 Å². The van der Waals surface area contributed by atoms with Crippen molar-refractivity contribution >= 4 is 5.91 Å². The van der Waals surface area contributed by atoms with E-state index in [0.717, 1.165) is 12.5 Å². The molecule has 0 aliphatic rings. The van der Waals surface area contributed by atoms with Crippen molar-refractivity contribution in [2.45, 2.75) is 13.3 Å². The van der Waals surface area contributed by atoms with E-state index in [0.29, 0.717) is 6.54 Å². The van der Waals surface area contributed by atoms with Gasteiger partial charge in [-0.2, -0.15) is 5.26 Å². The summed E-state index contributed by atoms with van der Waals surface area (Å²) in [5.41, 5.74) is 0.213. The molecule has 4 nitrogen and oxygen atoms in total. The standard InChI is InChI=1S/C12H13FN2O2/c1-2-5-15-12(16)8-17-11-4-3-9(7-14)6-10(11)13/h3-4,6H,2,5,8H2,1H3,(H,15,16). The molecule has 0 saturated heterocycles. The molecule has 0 bridgehead atoms. The smallest absolute Gasteiger partial charge is 0.257 e. The molecular formula is C12H13FN2O2. The van der Waals surface area contributed by atoms with Crippen LogP contribution in [0.25, 0.3) is 0 Å². The van der Waals surface area contributed by atoms with Gasteiger partial charge in [0.05, 0.1) is 11.6 Å². The lowest BCUT2D eigenvalue weighted by atomic mass is 10.2. The molecule has 1 rings (SSSR count). The van der Waals surface area contributed by atoms with Gasteiger partial charge in [0.2, 0.25) is 0 Å². The molecule has 1 aromatic rings. The second kappa shape index (κ2) is 6.48. The van der Waals surface area contributed by atoms with Crippen LogP contribution in [-0.4, -0.2) is 19.1 Å². The van der Waals surface area contributed by atoms with Crippen molar-refractivity contribution in [1.82, 2.24) is 5.32 Å². The Morgan fingerprint density at radius 2 is 2.35 bits per heavy atom. The number of ether oxygens (including phenoxy) is 1. The van der Waals surface area contributed by atoms with Crippen LogP contribution in [-0.2, 0) is 4.79 Å². The van der Waals surface area contributed by atoms with Gasteiger partial charge < -0.3 is 10.1 Å². The average Bonchev–Trinajstić information content (AvgIpc) is 2.34. The monoisotopic (exact) mass is 236 g/mol. The van der Waals surface area contributed by atoms with E-state index in [9.17, 15) is 9.18 Å². The van der Waals surface area contributed by atoms with Gasteiger partial charge in [0.15, 0.2) is 18.2 Å². The second-order valence-corrected chi connectivity index (χ2v) is 3.40. The van der Waals surface area contributed by atoms with Gasteiger partial charge in [0.1, 0.15) is 0 Å². The number of nitrogens with one attached hydrogen (secondary N) is 1. The summed E-state index contributed by atoms with van der Waals surface area (Å²) in [5.74, 6) is -0.974. The number of hydrogen-bond donors (Lipinski definition) is 1. The molecule has 1 N–H and O–H groups in total. The highest BCUT2D eigenvalue weighted by Gasteiger charge is 2.07. The average molecular weight is 236 g/mol. The van der Waals surface area contributed by atoms with E-state index in [1.54, 1.807) is 0 Å². The summed E-state index contributed by atoms with van der Waals surface area (Å²) in [6.45, 7) is 2.27. The van der Waals surface area contributed by atoms with Crippen molar-refractivity contribution in [3.63, 3.8) is 0 Å². The first-order chi connectivity index (χ1) is 8.17. The number of amides is 1. The molecule has 1 amide bonds. The van der Waals surface area contributed by atoms with E-state index >= 15 is 0 Å². The molecule has 0 atom stereocenters. The SMILES string of the molecule is CCCNC(=O)COc1ccc(C#N)cc1F. The first-order valence-electron chi connectivity index (χ1n) is 5.26. The number of nitrogens with zero attached hydrogens (tertiary/aromatic N) is 1. The van der Waals surface area contributed by atoms with E-state index in [1.165, 1.54) is 12.1 Å². The molecule has 0 aliphatic carbocycles. The number of rotatable bonds is 5. The van der Waals surface area contributed by atoms with E-state index < -0.39 is 5.82 Å². The highest BCUT2D eigenvalue weighted by molar-refractivity contribution is 5.77. The predicted molar refractivity (Wildman–Crippen MR) is 59.9 cm³/mol. The molecule has 0 unspecified atom stereocenters. The minimum Gasteiger partial charge on any atom is -0.481 e. The summed E-state index contributed by atoms with van der Waals surface area (Å²) >= 11 is 0. The van der Waals surface area contributed by atoms with Crippen LogP contribution in [0.2, 0.25) is 0 Å². The molecule has 0 aliphatic heterocycles. The van der Waals surface area contributed by atoms with Crippen LogP contribution in [0.4, 0.5) is 4.39 Å². The Morgan fingerprint density at radius 1 is 1.59 bits per heavy atom. The topological polar surface area (TPSA) is 62.1 Å². The summed E-state index contributed by atoms with van der Waals surface area (Å²) in [6, 6.07) is 5.65. The predicted octanol–water partition coefficient (Wildman–Crippen LogP) is 1.60. The summed E-state index contributed by atoms with van der Waals surface area (Å²) in [6.07, 6.45) is 0.830. The van der Waals surface area contributed by atoms with Crippen molar-refractivity contribution < 1.29 is 13.9 Å². The van der Waals surface area contributed by atoms with E-state index in [4.69, 9.17) is 10.00 Å². The zero-order valence-electron chi connectivity index (χ0n) is 9.50. The molecule has 5 heteroatoms. The largest absolute Gasteiger partial charge is 0.481 e. The number of halogens is 1. The first-order valence-corrected chi connectivity index (χ1v) is 5.26. The Hall–Kier alpha value is -2.09. The van der Waals surface area contributed by atoms with Gasteiger partial charge in [0, 0.05) is 6.54 Å². The van der Waals surface area contributed by atoms with Crippen LogP contribution in [0.3, 0.4) is 0 Å². The zero-order chi connectivity index (χ0) is 12.7. The molecule has 90 valence electrons. The number of benzene rings is 1. The minimum absolute atomic E-state index is 0.0318. The lowest BCUT2D eigenvalue weighted by Gasteiger charge is -2.07. The van der Waals surface area contributed by atoms with Gasteiger partial charge in [-0.3, -0.25) is 4.79 Å². The normalized spacial score (nSPS) is 9.47. The minimum atomic E-state index is -0.646. The van der Waals surface area contributed by atoms with Crippen molar-refractivity contribution in [1.29, 1.82) is 5.26 Å². The Labute approximate surface area is 99.0 Å². The number of nitriles is 1. The summed E-state index contributed by atoms with van der Waals surface area (Å²) < 4.78 is 18.3. The lowest BCUT2D eigenvalue weighted by molar-refractivity contribution is -0.123. The van der Waals surface area contributed by atoms with Crippen LogP contribution in [0.15, 0.2) is 18.2 Å². The maximum Gasteiger partial charge on any atom is 0.257 e. The third-order valence-electron chi connectivity index (χ3n) is 1.99. The summed E-state index contributed by atoms with van der Waals surface area (Å²) in [7, 11) is 0. The van der Waals surface area contributed by atoms with Crippen molar-refractivity contribution in [3.8, 4) is 11.8 Å². The second-order valence-electron chi connectivity index (χ2n) is 3.40. The number of hydrogen-bond acceptors (Lipinski definition) is 3. The van der Waals surface area contributed by atoms with E-state index in [1.807, 2.05) is 13.0 Å². The van der Waals surface area contributed by atoms with Crippen LogP contribution in [0, 0.1) is 17.1 Å². The summed E-state index contributed by atoms with van der Waals surface area (Å²) in [5, 5.41) is 11.2. The Morgan fingerprint density at radius 3 is 2.94 bits per heavy atom. The Bertz CT molecular complexity index is 441. The highest BCUT2D eigenvalue weighted by Crippen LogP contribution is 2.17. The first kappa shape index (κ1) is 13.0. The fourth-order valence-electron chi connectivity index (χ4n) is 1.15. The van der Waals surface area contributed by atoms with Gasteiger partial charge in [-0.25, -0.2) is 4.39 Å². The molecule has 0 spiro atoms. The van der Waals surface area contributed by atoms with Gasteiger partial charge >= 0.3 is 0 Å². The fraction of sp³-hybridized carbons (Fsp3) is 0.333. The van der Waals surface area contributed by atoms with Crippen LogP contribution >= 0.6 is 0 Å². The van der Waals surface area contributed by atoms with Crippen molar-refractivity contribution in [2.24, 2.45) is 0 Å². The Kier molecular flexibility index (Phi) is 4.95. The highest BCUT2D eigenvalue weighted by atomic mass is 19.1. The lowest BCUT2D eigenvalue weighted by Crippen LogP contribution is -2.29. The third kappa shape index (κ3) is 4.11. The Balaban J connectivity index is 2.52. The molecule has 0 fully saturated rings. The fourth-order valence-corrected chi connectivity index (χ4v) is 1.15. The quantitative estimate of drug-likeness (QED) is 0.844. The van der Waals surface area contributed by atoms with Gasteiger partial charge in [-0.1, -0.05) is 6.92 Å². The van der Waals surface area contributed by atoms with Crippen molar-refractivity contribution in [2.75, 3.05) is 13.2 Å². The number of carbonyl (C=O) groups excluding carboxylic acids is 1. The molecule has 1 aromatic carbocycles. The van der Waals surface area contributed by atoms with Gasteiger partial charge in [-0.05, 0) is 24.6 Å². The number of carbonyl (C=O) groups is 1. The summed E-state index contributed by atoms with van der Waals surface area (Å²) in [4.78, 5) is 11.2. The van der Waals surface area contributed by atoms with Crippen LogP contribution in [0.1, 0.15) is 18.9 Å². The van der Waals surface area contributed by atoms with Gasteiger partial charge in [-0.15, -0.1) is 0 Å². The molecule has 0 heterocycles. The zero-order valence-corrected chi connectivity index (χ0v) is 9.50. The molecule has 0 radical (unpaired) electrons. The molecule has 17 heavy (non-hydrogen) atoms. The third-order valence-corrected chi connectivity index (χ3v) is 1.99.